The van der Waals surface area contributed by atoms with Crippen LogP contribution >= 0.6 is 0 Å². The van der Waals surface area contributed by atoms with E-state index in [-0.39, 0.29) is 0 Å². The maximum Gasteiger partial charge on any atom is 0.0891 e. The van der Waals surface area contributed by atoms with E-state index in [2.05, 4.69) is 23.1 Å². The van der Waals surface area contributed by atoms with E-state index in [1.165, 1.54) is 0 Å². The minimum absolute atomic E-state index is 0.779. The lowest BCUT2D eigenvalue weighted by Crippen LogP contribution is -2.02. The SMILES string of the molecule is CCCC/C(=N\O)c1c(C)[nH]c2ccccc12. The molecule has 0 unspecified atom stereocenters. The molecule has 0 spiro atoms. The average Bonchev–Trinajstić information content (AvgIpc) is 2.67. The molecular weight excluding hydrogens is 212 g/mol. The Hall–Kier alpha value is -1.77. The van der Waals surface area contributed by atoms with Crippen LogP contribution in [0.15, 0.2) is 29.4 Å². The van der Waals surface area contributed by atoms with Crippen molar-refractivity contribution in [3.8, 4) is 0 Å². The lowest BCUT2D eigenvalue weighted by Gasteiger charge is -2.04. The Balaban J connectivity index is 2.49. The molecule has 0 aliphatic rings. The van der Waals surface area contributed by atoms with Crippen molar-refractivity contribution in [2.75, 3.05) is 0 Å². The van der Waals surface area contributed by atoms with Gasteiger partial charge in [0, 0.05) is 22.2 Å². The van der Waals surface area contributed by atoms with Crippen molar-refractivity contribution in [1.29, 1.82) is 0 Å². The summed E-state index contributed by atoms with van der Waals surface area (Å²) in [4.78, 5) is 3.33. The van der Waals surface area contributed by atoms with Gasteiger partial charge in [-0.15, -0.1) is 0 Å². The summed E-state index contributed by atoms with van der Waals surface area (Å²) in [6.45, 7) is 4.16. The van der Waals surface area contributed by atoms with Crippen LogP contribution in [0.25, 0.3) is 10.9 Å². The fourth-order valence-corrected chi connectivity index (χ4v) is 2.22. The number of fused-ring (bicyclic) bond motifs is 1. The molecule has 3 heteroatoms. The van der Waals surface area contributed by atoms with Gasteiger partial charge in [0.15, 0.2) is 0 Å². The summed E-state index contributed by atoms with van der Waals surface area (Å²) < 4.78 is 0. The fourth-order valence-electron chi connectivity index (χ4n) is 2.22. The highest BCUT2D eigenvalue weighted by atomic mass is 16.4. The zero-order chi connectivity index (χ0) is 12.3. The molecule has 0 saturated carbocycles. The number of benzene rings is 1. The van der Waals surface area contributed by atoms with Gasteiger partial charge in [-0.1, -0.05) is 36.7 Å². The van der Waals surface area contributed by atoms with Gasteiger partial charge >= 0.3 is 0 Å². The number of para-hydroxylation sites is 1. The molecule has 0 aliphatic heterocycles. The number of aromatic amines is 1. The van der Waals surface area contributed by atoms with Crippen LogP contribution in [-0.4, -0.2) is 15.9 Å². The van der Waals surface area contributed by atoms with Crippen molar-refractivity contribution >= 4 is 16.6 Å². The third-order valence-corrected chi connectivity index (χ3v) is 3.07. The van der Waals surface area contributed by atoms with Gasteiger partial charge in [-0.05, 0) is 25.8 Å². The molecule has 0 bridgehead atoms. The van der Waals surface area contributed by atoms with Crippen LogP contribution in [0.5, 0.6) is 0 Å². The number of aromatic nitrogens is 1. The summed E-state index contributed by atoms with van der Waals surface area (Å²) >= 11 is 0. The molecule has 0 fully saturated rings. The topological polar surface area (TPSA) is 48.4 Å². The first-order chi connectivity index (χ1) is 8.27. The van der Waals surface area contributed by atoms with Crippen molar-refractivity contribution < 1.29 is 5.21 Å². The number of oxime groups is 1. The molecule has 0 radical (unpaired) electrons. The van der Waals surface area contributed by atoms with Crippen LogP contribution in [0.1, 0.15) is 37.4 Å². The molecule has 2 N–H and O–H groups in total. The van der Waals surface area contributed by atoms with Gasteiger partial charge in [0.1, 0.15) is 0 Å². The van der Waals surface area contributed by atoms with E-state index in [1.807, 2.05) is 25.1 Å². The molecule has 1 heterocycles. The van der Waals surface area contributed by atoms with Crippen molar-refractivity contribution in [3.63, 3.8) is 0 Å². The Kier molecular flexibility index (Phi) is 3.47. The fraction of sp³-hybridized carbons (Fsp3) is 0.357. The number of aryl methyl sites for hydroxylation is 1. The Morgan fingerprint density at radius 2 is 2.12 bits per heavy atom. The largest absolute Gasteiger partial charge is 0.411 e. The normalized spacial score (nSPS) is 12.2. The molecule has 3 nitrogen and oxygen atoms in total. The Morgan fingerprint density at radius 1 is 1.35 bits per heavy atom. The Bertz CT molecular complexity index is 540. The van der Waals surface area contributed by atoms with Gasteiger partial charge in [0.25, 0.3) is 0 Å². The Labute approximate surface area is 101 Å². The average molecular weight is 230 g/mol. The van der Waals surface area contributed by atoms with Gasteiger partial charge in [0.2, 0.25) is 0 Å². The second-order valence-electron chi connectivity index (χ2n) is 4.32. The molecule has 1 aromatic carbocycles. The molecule has 0 amide bonds. The maximum absolute atomic E-state index is 9.18. The summed E-state index contributed by atoms with van der Waals surface area (Å²) in [6.07, 6.45) is 2.95. The first kappa shape index (κ1) is 11.7. The van der Waals surface area contributed by atoms with Crippen LogP contribution in [-0.2, 0) is 0 Å². The summed E-state index contributed by atoms with van der Waals surface area (Å²) in [5.74, 6) is 0. The Morgan fingerprint density at radius 3 is 2.82 bits per heavy atom. The van der Waals surface area contributed by atoms with Crippen LogP contribution in [0.2, 0.25) is 0 Å². The molecule has 1 aromatic heterocycles. The lowest BCUT2D eigenvalue weighted by molar-refractivity contribution is 0.318. The first-order valence-electron chi connectivity index (χ1n) is 6.06. The molecule has 0 aliphatic carbocycles. The lowest BCUT2D eigenvalue weighted by atomic mass is 10.0. The van der Waals surface area contributed by atoms with Gasteiger partial charge in [-0.25, -0.2) is 0 Å². The van der Waals surface area contributed by atoms with Gasteiger partial charge in [0.05, 0.1) is 5.71 Å². The zero-order valence-corrected chi connectivity index (χ0v) is 10.3. The minimum Gasteiger partial charge on any atom is -0.411 e. The monoisotopic (exact) mass is 230 g/mol. The smallest absolute Gasteiger partial charge is 0.0891 e. The second-order valence-corrected chi connectivity index (χ2v) is 4.32. The van der Waals surface area contributed by atoms with E-state index in [9.17, 15) is 5.21 Å². The van der Waals surface area contributed by atoms with Crippen molar-refractivity contribution in [1.82, 2.24) is 4.98 Å². The van der Waals surface area contributed by atoms with E-state index in [0.717, 1.165) is 47.1 Å². The van der Waals surface area contributed by atoms with Gasteiger partial charge < -0.3 is 10.2 Å². The molecular formula is C14H18N2O. The minimum atomic E-state index is 0.779. The van der Waals surface area contributed by atoms with Crippen molar-refractivity contribution in [2.45, 2.75) is 33.1 Å². The third kappa shape index (κ3) is 2.18. The van der Waals surface area contributed by atoms with E-state index < -0.39 is 0 Å². The number of hydrogen-bond acceptors (Lipinski definition) is 2. The zero-order valence-electron chi connectivity index (χ0n) is 10.3. The molecule has 0 saturated heterocycles. The quantitative estimate of drug-likeness (QED) is 0.468. The predicted molar refractivity (Wildman–Crippen MR) is 70.9 cm³/mol. The van der Waals surface area contributed by atoms with E-state index in [0.29, 0.717) is 0 Å². The summed E-state index contributed by atoms with van der Waals surface area (Å²) in [7, 11) is 0. The number of unbranched alkanes of at least 4 members (excludes halogenated alkanes) is 1. The number of rotatable bonds is 4. The molecule has 0 atom stereocenters. The highest BCUT2D eigenvalue weighted by molar-refractivity contribution is 6.11. The standard InChI is InChI=1S/C14H18N2O/c1-3-4-8-13(16-17)14-10(2)15-12-9-6-5-7-11(12)14/h5-7,9,15,17H,3-4,8H2,1-2H3/b16-13+. The van der Waals surface area contributed by atoms with Gasteiger partial charge in [-0.2, -0.15) is 0 Å². The van der Waals surface area contributed by atoms with Crippen LogP contribution < -0.4 is 0 Å². The molecule has 90 valence electrons. The number of H-pyrrole nitrogens is 1. The first-order valence-corrected chi connectivity index (χ1v) is 6.06. The summed E-state index contributed by atoms with van der Waals surface area (Å²) in [6, 6.07) is 8.11. The number of hydrogen-bond donors (Lipinski definition) is 2. The second kappa shape index (κ2) is 5.04. The molecule has 2 rings (SSSR count). The summed E-state index contributed by atoms with van der Waals surface area (Å²) in [5, 5.41) is 13.8. The third-order valence-electron chi connectivity index (χ3n) is 3.07. The van der Waals surface area contributed by atoms with E-state index in [4.69, 9.17) is 0 Å². The number of nitrogens with zero attached hydrogens (tertiary/aromatic N) is 1. The maximum atomic E-state index is 9.18. The van der Waals surface area contributed by atoms with Crippen molar-refractivity contribution in [2.24, 2.45) is 5.16 Å². The predicted octanol–water partition coefficient (Wildman–Crippen LogP) is 3.84. The highest BCUT2D eigenvalue weighted by Crippen LogP contribution is 2.24. The van der Waals surface area contributed by atoms with Crippen LogP contribution in [0.4, 0.5) is 0 Å². The van der Waals surface area contributed by atoms with E-state index in [1.54, 1.807) is 0 Å². The van der Waals surface area contributed by atoms with Crippen molar-refractivity contribution in [3.05, 3.63) is 35.5 Å². The van der Waals surface area contributed by atoms with Crippen LogP contribution in [0.3, 0.4) is 0 Å². The van der Waals surface area contributed by atoms with Gasteiger partial charge in [-0.3, -0.25) is 0 Å². The van der Waals surface area contributed by atoms with Crippen LogP contribution in [0, 0.1) is 6.92 Å². The molecule has 17 heavy (non-hydrogen) atoms. The highest BCUT2D eigenvalue weighted by Gasteiger charge is 2.13. The van der Waals surface area contributed by atoms with E-state index >= 15 is 0 Å². The molecule has 2 aromatic rings. The summed E-state index contributed by atoms with van der Waals surface area (Å²) in [5.41, 5.74) is 3.99. The number of nitrogens with one attached hydrogen (secondary N) is 1.